The minimum absolute atomic E-state index is 0.0137. The summed E-state index contributed by atoms with van der Waals surface area (Å²) in [6.07, 6.45) is 1.59. The van der Waals surface area contributed by atoms with E-state index in [0.717, 1.165) is 24.1 Å². The number of amides is 1. The van der Waals surface area contributed by atoms with Crippen LogP contribution in [0.3, 0.4) is 0 Å². The van der Waals surface area contributed by atoms with Crippen LogP contribution in [0.25, 0.3) is 11.1 Å². The van der Waals surface area contributed by atoms with E-state index in [1.807, 2.05) is 24.3 Å². The van der Waals surface area contributed by atoms with Gasteiger partial charge in [0.25, 0.3) is 5.22 Å². The number of aromatic nitrogens is 1. The summed E-state index contributed by atoms with van der Waals surface area (Å²) in [7, 11) is 0. The number of nitrogens with one attached hydrogen (secondary N) is 1. The van der Waals surface area contributed by atoms with Gasteiger partial charge < -0.3 is 9.73 Å². The van der Waals surface area contributed by atoms with Crippen molar-refractivity contribution in [2.45, 2.75) is 23.3 Å². The molecule has 1 aliphatic heterocycles. The third-order valence-electron chi connectivity index (χ3n) is 3.82. The van der Waals surface area contributed by atoms with E-state index in [9.17, 15) is 4.79 Å². The molecule has 6 heteroatoms. The summed E-state index contributed by atoms with van der Waals surface area (Å²) in [5.41, 5.74) is 3.43. The number of hydrogen-bond donors (Lipinski definition) is 1. The quantitative estimate of drug-likeness (QED) is 0.742. The molecule has 0 fully saturated rings. The van der Waals surface area contributed by atoms with Gasteiger partial charge in [0.15, 0.2) is 5.58 Å². The minimum Gasteiger partial charge on any atom is -0.431 e. The summed E-state index contributed by atoms with van der Waals surface area (Å²) >= 11 is 7.32. The molecule has 2 aromatic carbocycles. The molecule has 1 aliphatic rings. The van der Waals surface area contributed by atoms with Gasteiger partial charge in [-0.2, -0.15) is 0 Å². The van der Waals surface area contributed by atoms with Crippen molar-refractivity contribution in [1.29, 1.82) is 0 Å². The van der Waals surface area contributed by atoms with Crippen LogP contribution in [0.5, 0.6) is 0 Å². The summed E-state index contributed by atoms with van der Waals surface area (Å²) in [6.45, 7) is 0. The number of oxazole rings is 1. The number of carbonyl (C=O) groups excluding carboxylic acids is 1. The molecule has 4 nitrogen and oxygen atoms in total. The first-order valence-corrected chi connectivity index (χ1v) is 8.56. The Kier molecular flexibility index (Phi) is 3.75. The molecular weight excluding hydrogens is 332 g/mol. The minimum atomic E-state index is -0.231. The highest BCUT2D eigenvalue weighted by atomic mass is 35.5. The summed E-state index contributed by atoms with van der Waals surface area (Å²) in [4.78, 5) is 16.8. The van der Waals surface area contributed by atoms with E-state index in [1.54, 1.807) is 18.2 Å². The number of rotatable bonds is 2. The van der Waals surface area contributed by atoms with E-state index in [-0.39, 0.29) is 11.2 Å². The number of fused-ring (bicyclic) bond motifs is 2. The zero-order chi connectivity index (χ0) is 15.8. The van der Waals surface area contributed by atoms with Crippen LogP contribution in [-0.4, -0.2) is 16.1 Å². The lowest BCUT2D eigenvalue weighted by molar-refractivity contribution is -0.115. The highest BCUT2D eigenvalue weighted by Crippen LogP contribution is 2.33. The fraction of sp³-hybridized carbons (Fsp3) is 0.176. The van der Waals surface area contributed by atoms with Crippen molar-refractivity contribution in [2.75, 3.05) is 5.32 Å². The molecule has 0 unspecified atom stereocenters. The number of nitrogens with zero attached hydrogens (tertiary/aromatic N) is 1. The SMILES string of the molecule is O=C1Nc2ccccc2CC[C@H]1Sc1nc2cc(Cl)ccc2o1. The standard InChI is InChI=1S/C17H13ClN2O2S/c18-11-6-7-14-13(9-11)20-17(22-14)23-15-8-5-10-3-1-2-4-12(10)19-16(15)21/h1-4,6-7,9,15H,5,8H2,(H,19,21)/t15-/m1/s1. The maximum absolute atomic E-state index is 12.4. The number of halogens is 1. The predicted octanol–water partition coefficient (Wildman–Crippen LogP) is 4.53. The van der Waals surface area contributed by atoms with Gasteiger partial charge in [0.1, 0.15) is 5.52 Å². The Labute approximate surface area is 142 Å². The van der Waals surface area contributed by atoms with E-state index < -0.39 is 0 Å². The maximum Gasteiger partial charge on any atom is 0.257 e. The lowest BCUT2D eigenvalue weighted by Gasteiger charge is -2.09. The average molecular weight is 345 g/mol. The number of thioether (sulfide) groups is 1. The van der Waals surface area contributed by atoms with Crippen LogP contribution < -0.4 is 5.32 Å². The molecule has 0 bridgehead atoms. The van der Waals surface area contributed by atoms with Crippen molar-refractivity contribution in [3.8, 4) is 0 Å². The number of benzene rings is 2. The molecule has 116 valence electrons. The van der Waals surface area contributed by atoms with Crippen molar-refractivity contribution < 1.29 is 9.21 Å². The van der Waals surface area contributed by atoms with Crippen LogP contribution in [0, 0.1) is 0 Å². The molecule has 4 rings (SSSR count). The van der Waals surface area contributed by atoms with Crippen molar-refractivity contribution in [1.82, 2.24) is 4.98 Å². The van der Waals surface area contributed by atoms with E-state index >= 15 is 0 Å². The summed E-state index contributed by atoms with van der Waals surface area (Å²) in [6, 6.07) is 13.2. The Hall–Kier alpha value is -1.98. The van der Waals surface area contributed by atoms with Gasteiger partial charge in [0.05, 0.1) is 5.25 Å². The van der Waals surface area contributed by atoms with Gasteiger partial charge in [-0.3, -0.25) is 4.79 Å². The Balaban J connectivity index is 1.57. The van der Waals surface area contributed by atoms with Crippen LogP contribution in [0.15, 0.2) is 52.1 Å². The molecule has 1 atom stereocenters. The van der Waals surface area contributed by atoms with E-state index in [4.69, 9.17) is 16.0 Å². The predicted molar refractivity (Wildman–Crippen MR) is 92.1 cm³/mol. The molecule has 0 radical (unpaired) electrons. The Morgan fingerprint density at radius 1 is 1.26 bits per heavy atom. The van der Waals surface area contributed by atoms with Gasteiger partial charge in [0.2, 0.25) is 5.91 Å². The molecule has 0 aliphatic carbocycles. The monoisotopic (exact) mass is 344 g/mol. The Bertz CT molecular complexity index is 893. The zero-order valence-corrected chi connectivity index (χ0v) is 13.7. The topological polar surface area (TPSA) is 55.1 Å². The fourth-order valence-electron chi connectivity index (χ4n) is 2.66. The largest absolute Gasteiger partial charge is 0.431 e. The first-order chi connectivity index (χ1) is 11.2. The highest BCUT2D eigenvalue weighted by molar-refractivity contribution is 8.00. The van der Waals surface area contributed by atoms with E-state index in [0.29, 0.717) is 21.3 Å². The second-order valence-corrected chi connectivity index (χ2v) is 6.97. The van der Waals surface area contributed by atoms with E-state index in [1.165, 1.54) is 11.8 Å². The molecule has 1 N–H and O–H groups in total. The second kappa shape index (κ2) is 5.91. The van der Waals surface area contributed by atoms with Crippen LogP contribution in [0.4, 0.5) is 5.69 Å². The van der Waals surface area contributed by atoms with Gasteiger partial charge in [-0.15, -0.1) is 0 Å². The first-order valence-electron chi connectivity index (χ1n) is 7.30. The van der Waals surface area contributed by atoms with Gasteiger partial charge in [-0.05, 0) is 42.7 Å². The van der Waals surface area contributed by atoms with Crippen molar-refractivity contribution in [2.24, 2.45) is 0 Å². The van der Waals surface area contributed by atoms with Gasteiger partial charge in [0, 0.05) is 10.7 Å². The van der Waals surface area contributed by atoms with Crippen LogP contribution in [0.1, 0.15) is 12.0 Å². The smallest absolute Gasteiger partial charge is 0.257 e. The number of aryl methyl sites for hydroxylation is 1. The third-order valence-corrected chi connectivity index (χ3v) is 5.16. The number of anilines is 1. The average Bonchev–Trinajstić information content (AvgIpc) is 2.86. The van der Waals surface area contributed by atoms with E-state index in [2.05, 4.69) is 10.3 Å². The lowest BCUT2D eigenvalue weighted by Crippen LogP contribution is -2.23. The van der Waals surface area contributed by atoms with Gasteiger partial charge >= 0.3 is 0 Å². The summed E-state index contributed by atoms with van der Waals surface area (Å²) in [5.74, 6) is -0.0137. The van der Waals surface area contributed by atoms with Gasteiger partial charge in [-0.1, -0.05) is 41.6 Å². The second-order valence-electron chi connectivity index (χ2n) is 5.38. The Morgan fingerprint density at radius 3 is 3.04 bits per heavy atom. The van der Waals surface area contributed by atoms with Crippen LogP contribution in [0.2, 0.25) is 5.02 Å². The highest BCUT2D eigenvalue weighted by Gasteiger charge is 2.26. The molecule has 1 amide bonds. The summed E-state index contributed by atoms with van der Waals surface area (Å²) < 4.78 is 5.71. The maximum atomic E-state index is 12.4. The first kappa shape index (κ1) is 14.6. The third kappa shape index (κ3) is 2.94. The molecule has 0 saturated heterocycles. The molecule has 3 aromatic rings. The summed E-state index contributed by atoms with van der Waals surface area (Å²) in [5, 5.41) is 3.86. The lowest BCUT2D eigenvalue weighted by atomic mass is 10.1. The number of para-hydroxylation sites is 1. The van der Waals surface area contributed by atoms with Crippen molar-refractivity contribution in [3.05, 3.63) is 53.1 Å². The van der Waals surface area contributed by atoms with Crippen LogP contribution in [-0.2, 0) is 11.2 Å². The molecule has 0 spiro atoms. The van der Waals surface area contributed by atoms with Gasteiger partial charge in [-0.25, -0.2) is 4.98 Å². The zero-order valence-electron chi connectivity index (χ0n) is 12.1. The fourth-order valence-corrected chi connectivity index (χ4v) is 3.76. The van der Waals surface area contributed by atoms with Crippen molar-refractivity contribution in [3.63, 3.8) is 0 Å². The molecule has 0 saturated carbocycles. The van der Waals surface area contributed by atoms with Crippen LogP contribution >= 0.6 is 23.4 Å². The molecular formula is C17H13ClN2O2S. The number of carbonyl (C=O) groups is 1. The normalized spacial score (nSPS) is 17.6. The molecule has 23 heavy (non-hydrogen) atoms. The Morgan fingerprint density at radius 2 is 2.13 bits per heavy atom. The molecule has 2 heterocycles. The molecule has 1 aromatic heterocycles. The number of hydrogen-bond acceptors (Lipinski definition) is 4. The van der Waals surface area contributed by atoms with Crippen molar-refractivity contribution >= 4 is 46.1 Å².